The number of nitrogens with zero attached hydrogens (tertiary/aromatic N) is 3. The van der Waals surface area contributed by atoms with E-state index in [4.69, 9.17) is 0 Å². The van der Waals surface area contributed by atoms with Gasteiger partial charge in [-0.2, -0.15) is 5.10 Å². The molecule has 148 valence electrons. The highest BCUT2D eigenvalue weighted by molar-refractivity contribution is 7.14. The predicted octanol–water partition coefficient (Wildman–Crippen LogP) is 4.22. The molecule has 1 fully saturated rings. The van der Waals surface area contributed by atoms with Crippen LogP contribution in [0.4, 0.5) is 5.13 Å². The first-order valence-electron chi connectivity index (χ1n) is 9.20. The summed E-state index contributed by atoms with van der Waals surface area (Å²) in [6, 6.07) is 8.37. The van der Waals surface area contributed by atoms with Gasteiger partial charge in [-0.3, -0.25) is 14.8 Å². The summed E-state index contributed by atoms with van der Waals surface area (Å²) in [5, 5.41) is 13.3. The molecule has 3 heterocycles. The van der Waals surface area contributed by atoms with Gasteiger partial charge in [-0.05, 0) is 44.9 Å². The summed E-state index contributed by atoms with van der Waals surface area (Å²) in [5.74, 6) is -0.223. The lowest BCUT2D eigenvalue weighted by atomic mass is 10.0. The van der Waals surface area contributed by atoms with Crippen molar-refractivity contribution in [2.75, 3.05) is 18.4 Å². The third-order valence-corrected chi connectivity index (χ3v) is 5.63. The molecule has 0 spiro atoms. The number of amides is 1. The molecule has 1 atom stereocenters. The quantitative estimate of drug-likeness (QED) is 0.666. The fourth-order valence-electron chi connectivity index (χ4n) is 3.44. The minimum atomic E-state index is -0.223. The Morgan fingerprint density at radius 2 is 2.18 bits per heavy atom. The maximum atomic E-state index is 12.5. The van der Waals surface area contributed by atoms with Gasteiger partial charge in [0.05, 0.1) is 11.7 Å². The molecular formula is C20H24ClN5OS. The first-order valence-corrected chi connectivity index (χ1v) is 10.1. The number of piperidine rings is 1. The summed E-state index contributed by atoms with van der Waals surface area (Å²) in [4.78, 5) is 17.1. The number of halogens is 1. The molecule has 1 aliphatic rings. The van der Waals surface area contributed by atoms with Gasteiger partial charge in [0.1, 0.15) is 0 Å². The SMILES string of the molecule is Cc1ccc(-c2csc(NC(=O)c3ccn(C4CCCNC4)n3)n2)c(C)c1.Cl. The molecule has 0 aliphatic carbocycles. The monoisotopic (exact) mass is 417 g/mol. The van der Waals surface area contributed by atoms with E-state index in [9.17, 15) is 4.79 Å². The number of carbonyl (C=O) groups is 1. The van der Waals surface area contributed by atoms with Crippen LogP contribution in [0.15, 0.2) is 35.8 Å². The highest BCUT2D eigenvalue weighted by Gasteiger charge is 2.18. The molecule has 6 nitrogen and oxygen atoms in total. The molecule has 0 radical (unpaired) electrons. The Kier molecular flexibility index (Phi) is 6.49. The van der Waals surface area contributed by atoms with Gasteiger partial charge in [0.15, 0.2) is 10.8 Å². The van der Waals surface area contributed by atoms with Crippen LogP contribution in [-0.4, -0.2) is 33.8 Å². The normalized spacial score (nSPS) is 16.4. The number of benzene rings is 1. The van der Waals surface area contributed by atoms with Gasteiger partial charge >= 0.3 is 0 Å². The van der Waals surface area contributed by atoms with Crippen LogP contribution in [0.1, 0.15) is 40.5 Å². The zero-order chi connectivity index (χ0) is 18.8. The second-order valence-corrected chi connectivity index (χ2v) is 7.85. The van der Waals surface area contributed by atoms with Gasteiger partial charge in [0, 0.05) is 23.7 Å². The molecule has 0 bridgehead atoms. The maximum absolute atomic E-state index is 12.5. The van der Waals surface area contributed by atoms with Crippen LogP contribution in [0.3, 0.4) is 0 Å². The first-order chi connectivity index (χ1) is 13.1. The van der Waals surface area contributed by atoms with E-state index in [1.165, 1.54) is 22.5 Å². The Bertz CT molecular complexity index is 961. The van der Waals surface area contributed by atoms with Crippen molar-refractivity contribution in [2.24, 2.45) is 0 Å². The molecule has 1 saturated heterocycles. The number of aryl methyl sites for hydroxylation is 2. The average Bonchev–Trinajstić information content (AvgIpc) is 3.32. The molecule has 1 aliphatic heterocycles. The molecule has 3 aromatic rings. The van der Waals surface area contributed by atoms with Crippen molar-refractivity contribution in [2.45, 2.75) is 32.7 Å². The Hall–Kier alpha value is -2.22. The van der Waals surface area contributed by atoms with E-state index in [0.29, 0.717) is 16.9 Å². The van der Waals surface area contributed by atoms with Crippen LogP contribution in [0.2, 0.25) is 0 Å². The first kappa shape index (κ1) is 20.5. The van der Waals surface area contributed by atoms with Gasteiger partial charge in [-0.15, -0.1) is 23.7 Å². The number of hydrogen-bond donors (Lipinski definition) is 2. The lowest BCUT2D eigenvalue weighted by Crippen LogP contribution is -2.32. The summed E-state index contributed by atoms with van der Waals surface area (Å²) < 4.78 is 1.89. The van der Waals surface area contributed by atoms with Crippen molar-refractivity contribution in [3.8, 4) is 11.3 Å². The fourth-order valence-corrected chi connectivity index (χ4v) is 4.14. The minimum Gasteiger partial charge on any atom is -0.315 e. The molecule has 0 saturated carbocycles. The van der Waals surface area contributed by atoms with Gasteiger partial charge < -0.3 is 5.32 Å². The Morgan fingerprint density at radius 1 is 1.32 bits per heavy atom. The predicted molar refractivity (Wildman–Crippen MR) is 116 cm³/mol. The van der Waals surface area contributed by atoms with Crippen LogP contribution < -0.4 is 10.6 Å². The zero-order valence-corrected chi connectivity index (χ0v) is 17.6. The fraction of sp³-hybridized carbons (Fsp3) is 0.350. The molecule has 4 rings (SSSR count). The van der Waals surface area contributed by atoms with Gasteiger partial charge in [-0.1, -0.05) is 23.8 Å². The number of thiazole rings is 1. The topological polar surface area (TPSA) is 71.8 Å². The molecular weight excluding hydrogens is 394 g/mol. The van der Waals surface area contributed by atoms with Gasteiger partial charge in [0.25, 0.3) is 5.91 Å². The number of aromatic nitrogens is 3. The third-order valence-electron chi connectivity index (χ3n) is 4.87. The van der Waals surface area contributed by atoms with Crippen molar-refractivity contribution >= 4 is 34.8 Å². The average molecular weight is 418 g/mol. The van der Waals surface area contributed by atoms with Gasteiger partial charge in [-0.25, -0.2) is 4.98 Å². The highest BCUT2D eigenvalue weighted by Crippen LogP contribution is 2.28. The lowest BCUT2D eigenvalue weighted by molar-refractivity contribution is 0.102. The van der Waals surface area contributed by atoms with Gasteiger partial charge in [0.2, 0.25) is 0 Å². The zero-order valence-electron chi connectivity index (χ0n) is 15.9. The van der Waals surface area contributed by atoms with Crippen LogP contribution in [0, 0.1) is 13.8 Å². The Morgan fingerprint density at radius 3 is 2.93 bits per heavy atom. The van der Waals surface area contributed by atoms with E-state index in [-0.39, 0.29) is 18.3 Å². The van der Waals surface area contributed by atoms with E-state index in [1.54, 1.807) is 6.07 Å². The summed E-state index contributed by atoms with van der Waals surface area (Å²) in [6.45, 7) is 6.10. The van der Waals surface area contributed by atoms with E-state index >= 15 is 0 Å². The summed E-state index contributed by atoms with van der Waals surface area (Å²) in [6.07, 6.45) is 4.10. The highest BCUT2D eigenvalue weighted by atomic mass is 35.5. The van der Waals surface area contributed by atoms with Crippen molar-refractivity contribution in [3.05, 3.63) is 52.7 Å². The second-order valence-electron chi connectivity index (χ2n) is 6.99. The number of anilines is 1. The maximum Gasteiger partial charge on any atom is 0.277 e. The smallest absolute Gasteiger partial charge is 0.277 e. The number of nitrogens with one attached hydrogen (secondary N) is 2. The molecule has 1 unspecified atom stereocenters. The van der Waals surface area contributed by atoms with E-state index < -0.39 is 0 Å². The molecule has 28 heavy (non-hydrogen) atoms. The Labute approximate surface area is 174 Å². The van der Waals surface area contributed by atoms with Crippen molar-refractivity contribution < 1.29 is 4.79 Å². The molecule has 1 aromatic carbocycles. The molecule has 2 N–H and O–H groups in total. The largest absolute Gasteiger partial charge is 0.315 e. The van der Waals surface area contributed by atoms with Crippen LogP contribution in [0.5, 0.6) is 0 Å². The van der Waals surface area contributed by atoms with Crippen LogP contribution in [0.25, 0.3) is 11.3 Å². The van der Waals surface area contributed by atoms with Crippen LogP contribution >= 0.6 is 23.7 Å². The van der Waals surface area contributed by atoms with Crippen molar-refractivity contribution in [3.63, 3.8) is 0 Å². The summed E-state index contributed by atoms with van der Waals surface area (Å²) in [5.41, 5.74) is 4.80. The van der Waals surface area contributed by atoms with Crippen LogP contribution in [-0.2, 0) is 0 Å². The lowest BCUT2D eigenvalue weighted by Gasteiger charge is -2.22. The summed E-state index contributed by atoms with van der Waals surface area (Å²) >= 11 is 1.43. The molecule has 1 amide bonds. The molecule has 2 aromatic heterocycles. The van der Waals surface area contributed by atoms with Crippen molar-refractivity contribution in [1.29, 1.82) is 0 Å². The Balaban J connectivity index is 0.00000225. The number of carbonyl (C=O) groups excluding carboxylic acids is 1. The van der Waals surface area contributed by atoms with E-state index in [1.807, 2.05) is 16.3 Å². The second kappa shape index (κ2) is 8.86. The molecule has 8 heteroatoms. The van der Waals surface area contributed by atoms with E-state index in [2.05, 4.69) is 52.8 Å². The minimum absolute atomic E-state index is 0. The van der Waals surface area contributed by atoms with Crippen molar-refractivity contribution in [1.82, 2.24) is 20.1 Å². The van der Waals surface area contributed by atoms with E-state index in [0.717, 1.165) is 37.2 Å². The third kappa shape index (κ3) is 4.43. The summed E-state index contributed by atoms with van der Waals surface area (Å²) in [7, 11) is 0. The number of rotatable bonds is 4. The number of hydrogen-bond acceptors (Lipinski definition) is 5. The standard InChI is InChI=1S/C20H23N5OS.ClH/c1-13-5-6-16(14(2)10-13)18-12-27-20(22-18)23-19(26)17-7-9-25(24-17)15-4-3-8-21-11-15;/h5-7,9-10,12,15,21H,3-4,8,11H2,1-2H3,(H,22,23,26);1H.